The molecule has 0 radical (unpaired) electrons. The summed E-state index contributed by atoms with van der Waals surface area (Å²) < 4.78 is 0. The van der Waals surface area contributed by atoms with Gasteiger partial charge in [0.05, 0.1) is 5.56 Å². The van der Waals surface area contributed by atoms with Crippen LogP contribution in [-0.2, 0) is 0 Å². The minimum absolute atomic E-state index is 0.0231. The molecule has 13 heavy (non-hydrogen) atoms. The van der Waals surface area contributed by atoms with Gasteiger partial charge in [0.1, 0.15) is 17.4 Å². The number of hydrogen-bond donors (Lipinski definition) is 2. The molecule has 0 heterocycles. The van der Waals surface area contributed by atoms with Gasteiger partial charge in [0.2, 0.25) is 0 Å². The van der Waals surface area contributed by atoms with Crippen molar-refractivity contribution in [1.29, 1.82) is 5.26 Å². The highest BCUT2D eigenvalue weighted by molar-refractivity contribution is 5.93. The van der Waals surface area contributed by atoms with E-state index in [2.05, 4.69) is 0 Å². The van der Waals surface area contributed by atoms with E-state index in [9.17, 15) is 9.90 Å². The molecular weight excluding hydrogens is 170 g/mol. The van der Waals surface area contributed by atoms with E-state index in [1.165, 1.54) is 12.1 Å². The van der Waals surface area contributed by atoms with Gasteiger partial charge in [-0.3, -0.25) is 0 Å². The van der Waals surface area contributed by atoms with Crippen molar-refractivity contribution in [1.82, 2.24) is 0 Å². The van der Waals surface area contributed by atoms with Gasteiger partial charge in [-0.15, -0.1) is 0 Å². The highest BCUT2D eigenvalue weighted by atomic mass is 16.4. The number of hydrogen-bond acceptors (Lipinski definition) is 3. The first-order valence-corrected chi connectivity index (χ1v) is 3.53. The second kappa shape index (κ2) is 3.15. The predicted octanol–water partition coefficient (Wildman–Crippen LogP) is 1.27. The van der Waals surface area contributed by atoms with Crippen LogP contribution in [0.3, 0.4) is 0 Å². The van der Waals surface area contributed by atoms with Gasteiger partial charge in [0, 0.05) is 0 Å². The number of carbonyl (C=O) groups is 1. The van der Waals surface area contributed by atoms with Crippen molar-refractivity contribution < 1.29 is 15.0 Å². The third kappa shape index (κ3) is 1.59. The monoisotopic (exact) mass is 177 g/mol. The molecule has 4 heteroatoms. The van der Waals surface area contributed by atoms with E-state index in [-0.39, 0.29) is 16.9 Å². The molecule has 0 saturated heterocycles. The van der Waals surface area contributed by atoms with Gasteiger partial charge >= 0.3 is 5.97 Å². The average molecular weight is 177 g/mol. The number of aromatic carboxylic acids is 1. The molecule has 0 aliphatic heterocycles. The van der Waals surface area contributed by atoms with Crippen LogP contribution in [0.25, 0.3) is 0 Å². The summed E-state index contributed by atoms with van der Waals surface area (Å²) in [5.74, 6) is -1.67. The highest BCUT2D eigenvalue weighted by Gasteiger charge is 2.15. The molecule has 2 N–H and O–H groups in total. The quantitative estimate of drug-likeness (QED) is 0.676. The van der Waals surface area contributed by atoms with Gasteiger partial charge in [0.25, 0.3) is 0 Å². The van der Waals surface area contributed by atoms with Crippen molar-refractivity contribution in [2.45, 2.75) is 6.92 Å². The third-order valence-corrected chi connectivity index (χ3v) is 1.60. The van der Waals surface area contributed by atoms with Crippen molar-refractivity contribution in [3.63, 3.8) is 0 Å². The molecule has 0 aliphatic carbocycles. The molecule has 0 aromatic heterocycles. The maximum atomic E-state index is 10.6. The Balaban J connectivity index is 3.50. The molecule has 0 bridgehead atoms. The normalized spacial score (nSPS) is 9.23. The minimum Gasteiger partial charge on any atom is -0.507 e. The number of nitriles is 1. The van der Waals surface area contributed by atoms with Crippen LogP contribution in [-0.4, -0.2) is 16.2 Å². The van der Waals surface area contributed by atoms with E-state index in [4.69, 9.17) is 10.4 Å². The maximum absolute atomic E-state index is 10.6. The lowest BCUT2D eigenvalue weighted by molar-refractivity contribution is 0.0693. The summed E-state index contributed by atoms with van der Waals surface area (Å²) in [5.41, 5.74) is 0.289. The zero-order chi connectivity index (χ0) is 10.0. The minimum atomic E-state index is -1.30. The van der Waals surface area contributed by atoms with Crippen molar-refractivity contribution in [3.05, 3.63) is 28.8 Å². The summed E-state index contributed by atoms with van der Waals surface area (Å²) in [5, 5.41) is 26.5. The second-order valence-electron chi connectivity index (χ2n) is 2.62. The van der Waals surface area contributed by atoms with Crippen LogP contribution in [0.15, 0.2) is 12.1 Å². The molecule has 1 aromatic rings. The van der Waals surface area contributed by atoms with E-state index in [1.54, 1.807) is 13.0 Å². The number of nitrogens with zero attached hydrogens (tertiary/aromatic N) is 1. The molecule has 0 fully saturated rings. The first kappa shape index (κ1) is 9.07. The van der Waals surface area contributed by atoms with Crippen LogP contribution in [0.1, 0.15) is 21.5 Å². The molecule has 4 nitrogen and oxygen atoms in total. The molecule has 0 spiro atoms. The van der Waals surface area contributed by atoms with E-state index in [0.29, 0.717) is 5.56 Å². The van der Waals surface area contributed by atoms with Crippen LogP contribution in [0.5, 0.6) is 5.75 Å². The fourth-order valence-corrected chi connectivity index (χ4v) is 1.08. The molecule has 0 aliphatic rings. The zero-order valence-electron chi connectivity index (χ0n) is 6.90. The average Bonchev–Trinajstić information content (AvgIpc) is 2.01. The van der Waals surface area contributed by atoms with Crippen molar-refractivity contribution in [3.8, 4) is 11.8 Å². The van der Waals surface area contributed by atoms with Crippen LogP contribution < -0.4 is 0 Å². The van der Waals surface area contributed by atoms with E-state index < -0.39 is 5.97 Å². The Hall–Kier alpha value is -2.02. The molecule has 0 amide bonds. The number of benzene rings is 1. The lowest BCUT2D eigenvalue weighted by Gasteiger charge is -2.02. The summed E-state index contributed by atoms with van der Waals surface area (Å²) in [6.45, 7) is 1.67. The lowest BCUT2D eigenvalue weighted by Crippen LogP contribution is -2.01. The van der Waals surface area contributed by atoms with Crippen molar-refractivity contribution >= 4 is 5.97 Å². The van der Waals surface area contributed by atoms with Crippen LogP contribution in [0.2, 0.25) is 0 Å². The predicted molar refractivity (Wildman–Crippen MR) is 44.5 cm³/mol. The highest BCUT2D eigenvalue weighted by Crippen LogP contribution is 2.22. The molecule has 0 unspecified atom stereocenters. The Morgan fingerprint density at radius 2 is 2.15 bits per heavy atom. The Bertz CT molecular complexity index is 404. The number of aromatic hydroxyl groups is 1. The van der Waals surface area contributed by atoms with Gasteiger partial charge in [-0.05, 0) is 24.6 Å². The van der Waals surface area contributed by atoms with Gasteiger partial charge in [0.15, 0.2) is 0 Å². The van der Waals surface area contributed by atoms with Crippen LogP contribution in [0.4, 0.5) is 0 Å². The van der Waals surface area contributed by atoms with Crippen molar-refractivity contribution in [2.24, 2.45) is 0 Å². The van der Waals surface area contributed by atoms with Crippen molar-refractivity contribution in [2.75, 3.05) is 0 Å². The van der Waals surface area contributed by atoms with Gasteiger partial charge in [-0.1, -0.05) is 0 Å². The topological polar surface area (TPSA) is 81.3 Å². The Morgan fingerprint density at radius 1 is 1.54 bits per heavy atom. The molecule has 66 valence electrons. The SMILES string of the molecule is Cc1cc(O)c(C(=O)O)c(C#N)c1. The fourth-order valence-electron chi connectivity index (χ4n) is 1.08. The number of carboxylic acid groups (broad SMARTS) is 1. The van der Waals surface area contributed by atoms with Gasteiger partial charge < -0.3 is 10.2 Å². The third-order valence-electron chi connectivity index (χ3n) is 1.60. The molecule has 1 rings (SSSR count). The van der Waals surface area contributed by atoms with Gasteiger partial charge in [-0.25, -0.2) is 4.79 Å². The Morgan fingerprint density at radius 3 is 2.62 bits per heavy atom. The summed E-state index contributed by atoms with van der Waals surface area (Å²) in [7, 11) is 0. The van der Waals surface area contributed by atoms with E-state index in [0.717, 1.165) is 0 Å². The summed E-state index contributed by atoms with van der Waals surface area (Å²) in [6.07, 6.45) is 0. The van der Waals surface area contributed by atoms with Crippen LogP contribution >= 0.6 is 0 Å². The van der Waals surface area contributed by atoms with Crippen LogP contribution in [0, 0.1) is 18.3 Å². The molecular formula is C9H7NO3. The summed E-state index contributed by atoms with van der Waals surface area (Å²) >= 11 is 0. The molecule has 0 atom stereocenters. The number of carboxylic acids is 1. The second-order valence-corrected chi connectivity index (χ2v) is 2.62. The Kier molecular flexibility index (Phi) is 2.20. The van der Waals surface area contributed by atoms with E-state index in [1.807, 2.05) is 0 Å². The lowest BCUT2D eigenvalue weighted by atomic mass is 10.0. The zero-order valence-corrected chi connectivity index (χ0v) is 6.90. The molecule has 0 saturated carbocycles. The first-order chi connectivity index (χ1) is 6.06. The largest absolute Gasteiger partial charge is 0.507 e. The summed E-state index contributed by atoms with van der Waals surface area (Å²) in [6, 6.07) is 4.45. The standard InChI is InChI=1S/C9H7NO3/c1-5-2-6(4-10)8(9(12)13)7(11)3-5/h2-3,11H,1H3,(H,12,13). The Labute approximate surface area is 74.7 Å². The molecule has 1 aromatic carbocycles. The fraction of sp³-hybridized carbons (Fsp3) is 0.111. The number of phenols is 1. The summed E-state index contributed by atoms with van der Waals surface area (Å²) in [4.78, 5) is 10.6. The smallest absolute Gasteiger partial charge is 0.340 e. The van der Waals surface area contributed by atoms with E-state index >= 15 is 0 Å². The number of rotatable bonds is 1. The first-order valence-electron chi connectivity index (χ1n) is 3.53. The number of aryl methyl sites for hydroxylation is 1. The van der Waals surface area contributed by atoms with Gasteiger partial charge in [-0.2, -0.15) is 5.26 Å². The maximum Gasteiger partial charge on any atom is 0.340 e.